The molecule has 170 valence electrons. The van der Waals surface area contributed by atoms with Crippen molar-refractivity contribution in [1.29, 1.82) is 0 Å². The predicted molar refractivity (Wildman–Crippen MR) is 146 cm³/mol. The predicted octanol–water partition coefficient (Wildman–Crippen LogP) is 3.36. The maximum atomic E-state index is 6.43. The van der Waals surface area contributed by atoms with Crippen molar-refractivity contribution < 1.29 is 9.31 Å². The summed E-state index contributed by atoms with van der Waals surface area (Å²) in [7, 11) is -0.382. The molecule has 1 aliphatic heterocycles. The summed E-state index contributed by atoms with van der Waals surface area (Å²) in [5.41, 5.74) is 0.337. The Morgan fingerprint density at radius 1 is 0.500 bits per heavy atom. The second-order valence-electron chi connectivity index (χ2n) is 10.1. The van der Waals surface area contributed by atoms with Crippen LogP contribution in [0, 0.1) is 0 Å². The van der Waals surface area contributed by atoms with E-state index in [4.69, 9.17) is 9.31 Å². The maximum absolute atomic E-state index is 6.43. The minimum absolute atomic E-state index is 0.371. The van der Waals surface area contributed by atoms with Gasteiger partial charge in [0.25, 0.3) is 0 Å². The van der Waals surface area contributed by atoms with E-state index >= 15 is 0 Å². The van der Waals surface area contributed by atoms with Gasteiger partial charge in [0.05, 0.1) is 0 Å². The van der Waals surface area contributed by atoms with E-state index in [1.54, 1.807) is 0 Å². The van der Waals surface area contributed by atoms with E-state index in [0.717, 1.165) is 5.46 Å². The molecule has 1 saturated heterocycles. The van der Waals surface area contributed by atoms with E-state index in [0.29, 0.717) is 0 Å². The molecule has 1 aliphatic rings. The first-order chi connectivity index (χ1) is 16.3. The molecule has 0 spiro atoms. The zero-order valence-electron chi connectivity index (χ0n) is 20.4. The van der Waals surface area contributed by atoms with Crippen LogP contribution in [0.5, 0.6) is 0 Å². The van der Waals surface area contributed by atoms with E-state index in [2.05, 4.69) is 143 Å². The zero-order valence-corrected chi connectivity index (χ0v) is 22.5. The molecule has 1 fully saturated rings. The third kappa shape index (κ3) is 3.86. The second-order valence-corrected chi connectivity index (χ2v) is 18.1. The molecule has 0 aliphatic carbocycles. The molecule has 1 heterocycles. The molecular weight excluding hydrogens is 476 g/mol. The van der Waals surface area contributed by atoms with Crippen LogP contribution < -0.4 is 23.0 Å². The molecule has 4 aromatic carbocycles. The average molecular weight is 507 g/mol. The number of benzene rings is 4. The summed E-state index contributed by atoms with van der Waals surface area (Å²) < 4.78 is 18.5. The summed E-state index contributed by atoms with van der Waals surface area (Å²) in [6, 6.07) is 42.1. The second kappa shape index (κ2) is 8.88. The molecule has 0 saturated carbocycles. The van der Waals surface area contributed by atoms with Gasteiger partial charge in [-0.3, -0.25) is 0 Å². The molecule has 0 amide bonds. The average Bonchev–Trinajstić information content (AvgIpc) is 3.09. The monoisotopic (exact) mass is 508 g/mol. The van der Waals surface area contributed by atoms with Gasteiger partial charge in [0.15, 0.2) is 0 Å². The zero-order chi connectivity index (χ0) is 23.8. The fourth-order valence-corrected chi connectivity index (χ4v) is 15.0. The topological polar surface area (TPSA) is 18.5 Å². The fraction of sp³-hybridized carbons (Fsp3) is 0.200. The number of rotatable bonds is 5. The molecule has 34 heavy (non-hydrogen) atoms. The Balaban J connectivity index is 1.76. The molecule has 0 N–H and O–H groups in total. The van der Waals surface area contributed by atoms with Crippen LogP contribution in [-0.2, 0) is 9.31 Å². The van der Waals surface area contributed by atoms with Crippen molar-refractivity contribution in [3.63, 3.8) is 0 Å². The molecule has 4 heteroatoms. The molecule has 4 aromatic rings. The standard InChI is InChI=1S/C30H31BGeO2/c1-29(2)30(3,4)34-31(33-29)24-15-14-22-28(23-24)32(25-16-8-5-9-17-25,26-18-10-6-11-19-26)27-20-12-7-13-21-27/h5-23H,1-4H3. The van der Waals surface area contributed by atoms with E-state index in [1.165, 1.54) is 17.6 Å². The van der Waals surface area contributed by atoms with Crippen molar-refractivity contribution in [3.05, 3.63) is 115 Å². The van der Waals surface area contributed by atoms with E-state index < -0.39 is 13.3 Å². The molecule has 2 nitrogen and oxygen atoms in total. The first-order valence-electron chi connectivity index (χ1n) is 12.0. The van der Waals surface area contributed by atoms with Crippen LogP contribution in [-0.4, -0.2) is 31.6 Å². The van der Waals surface area contributed by atoms with Gasteiger partial charge in [-0.1, -0.05) is 0 Å². The first kappa shape index (κ1) is 23.2. The summed E-state index contributed by atoms with van der Waals surface area (Å²) in [6.45, 7) is 8.43. The minimum atomic E-state index is -3.29. The summed E-state index contributed by atoms with van der Waals surface area (Å²) in [6.07, 6.45) is 0. The normalized spacial score (nSPS) is 17.0. The van der Waals surface area contributed by atoms with Gasteiger partial charge < -0.3 is 0 Å². The Bertz CT molecular complexity index is 1140. The van der Waals surface area contributed by atoms with Gasteiger partial charge in [-0.2, -0.15) is 0 Å². The van der Waals surface area contributed by atoms with Gasteiger partial charge in [0.2, 0.25) is 0 Å². The van der Waals surface area contributed by atoms with Crippen molar-refractivity contribution >= 4 is 43.4 Å². The van der Waals surface area contributed by atoms with Crippen molar-refractivity contribution in [2.24, 2.45) is 0 Å². The Morgan fingerprint density at radius 3 is 1.29 bits per heavy atom. The molecule has 0 unspecified atom stereocenters. The Hall–Kier alpha value is -2.59. The Morgan fingerprint density at radius 2 is 0.882 bits per heavy atom. The molecule has 0 radical (unpaired) electrons. The summed E-state index contributed by atoms with van der Waals surface area (Å²) >= 11 is -3.29. The van der Waals surface area contributed by atoms with Crippen LogP contribution in [0.2, 0.25) is 0 Å². The molecule has 0 bridgehead atoms. The van der Waals surface area contributed by atoms with E-state index in [9.17, 15) is 0 Å². The van der Waals surface area contributed by atoms with Crippen molar-refractivity contribution in [2.75, 3.05) is 0 Å². The number of hydrogen-bond donors (Lipinski definition) is 0. The van der Waals surface area contributed by atoms with Crippen LogP contribution in [0.3, 0.4) is 0 Å². The summed E-state index contributed by atoms with van der Waals surface area (Å²) in [4.78, 5) is 0. The molecule has 5 rings (SSSR count). The fourth-order valence-electron chi connectivity index (χ4n) is 4.96. The van der Waals surface area contributed by atoms with Gasteiger partial charge >= 0.3 is 207 Å². The molecular formula is C30H31BGeO2. The van der Waals surface area contributed by atoms with Crippen molar-refractivity contribution in [3.8, 4) is 0 Å². The quantitative estimate of drug-likeness (QED) is 0.386. The van der Waals surface area contributed by atoms with Crippen molar-refractivity contribution in [2.45, 2.75) is 38.9 Å². The molecule has 0 atom stereocenters. The first-order valence-corrected chi connectivity index (χ1v) is 16.2. The van der Waals surface area contributed by atoms with Gasteiger partial charge in [-0.05, 0) is 0 Å². The third-order valence-corrected chi connectivity index (χ3v) is 17.5. The third-order valence-electron chi connectivity index (χ3n) is 7.47. The summed E-state index contributed by atoms with van der Waals surface area (Å²) in [5, 5.41) is 0. The van der Waals surface area contributed by atoms with Gasteiger partial charge in [0.1, 0.15) is 0 Å². The molecule has 0 aromatic heterocycles. The Kier molecular flexibility index (Phi) is 6.05. The van der Waals surface area contributed by atoms with E-state index in [-0.39, 0.29) is 18.3 Å². The van der Waals surface area contributed by atoms with Crippen LogP contribution >= 0.6 is 0 Å². The van der Waals surface area contributed by atoms with Gasteiger partial charge in [-0.15, -0.1) is 0 Å². The summed E-state index contributed by atoms with van der Waals surface area (Å²) in [5.74, 6) is 0. The van der Waals surface area contributed by atoms with Crippen molar-refractivity contribution in [1.82, 2.24) is 0 Å². The van der Waals surface area contributed by atoms with Crippen LogP contribution in [0.25, 0.3) is 0 Å². The van der Waals surface area contributed by atoms with Gasteiger partial charge in [0, 0.05) is 0 Å². The number of hydrogen-bond acceptors (Lipinski definition) is 2. The van der Waals surface area contributed by atoms with Crippen LogP contribution in [0.1, 0.15) is 27.7 Å². The van der Waals surface area contributed by atoms with E-state index in [1.807, 2.05) is 0 Å². The van der Waals surface area contributed by atoms with Crippen LogP contribution in [0.15, 0.2) is 115 Å². The SMILES string of the molecule is CC1(C)OB(c2ccc[c]([Ge]([c]3ccccc3)([c]3ccccc3)[c]3ccccc3)c2)OC1(C)C. The Labute approximate surface area is 206 Å². The van der Waals surface area contributed by atoms with Crippen LogP contribution in [0.4, 0.5) is 0 Å². The van der Waals surface area contributed by atoms with Gasteiger partial charge in [-0.25, -0.2) is 0 Å².